The van der Waals surface area contributed by atoms with Crippen molar-refractivity contribution in [2.75, 3.05) is 32.5 Å². The van der Waals surface area contributed by atoms with Gasteiger partial charge in [-0.15, -0.1) is 0 Å². The first-order valence-corrected chi connectivity index (χ1v) is 10.1. The number of rotatable bonds is 6. The molecule has 0 bridgehead atoms. The maximum atomic E-state index is 11.7. The Morgan fingerprint density at radius 3 is 2.71 bits per heavy atom. The molecule has 1 N–H and O–H groups in total. The van der Waals surface area contributed by atoms with Crippen molar-refractivity contribution >= 4 is 10.0 Å². The number of sulfonamides is 1. The van der Waals surface area contributed by atoms with Crippen molar-refractivity contribution in [3.8, 4) is 0 Å². The highest BCUT2D eigenvalue weighted by Gasteiger charge is 2.34. The second kappa shape index (κ2) is 7.40. The van der Waals surface area contributed by atoms with Gasteiger partial charge in [0, 0.05) is 31.7 Å². The normalized spacial score (nSPS) is 33.2. The van der Waals surface area contributed by atoms with E-state index in [-0.39, 0.29) is 0 Å². The molecule has 0 amide bonds. The second-order valence-electron chi connectivity index (χ2n) is 6.56. The molecule has 0 spiro atoms. The SMILES string of the molecule is CCNC(CC1CCCN(S(C)(=O)=O)C1)C1CCOC1C. The molecule has 2 saturated heterocycles. The minimum atomic E-state index is -3.05. The Hall–Kier alpha value is -0.170. The van der Waals surface area contributed by atoms with Gasteiger partial charge in [0.05, 0.1) is 12.4 Å². The second-order valence-corrected chi connectivity index (χ2v) is 8.54. The van der Waals surface area contributed by atoms with Crippen LogP contribution in [0, 0.1) is 11.8 Å². The van der Waals surface area contributed by atoms with E-state index in [4.69, 9.17) is 4.74 Å². The number of nitrogens with one attached hydrogen (secondary N) is 1. The van der Waals surface area contributed by atoms with Gasteiger partial charge in [-0.1, -0.05) is 6.92 Å². The van der Waals surface area contributed by atoms with E-state index in [1.54, 1.807) is 4.31 Å². The van der Waals surface area contributed by atoms with E-state index in [0.29, 0.717) is 37.1 Å². The van der Waals surface area contributed by atoms with Gasteiger partial charge in [0.25, 0.3) is 0 Å². The summed E-state index contributed by atoms with van der Waals surface area (Å²) in [6, 6.07) is 0.442. The zero-order valence-electron chi connectivity index (χ0n) is 13.5. The smallest absolute Gasteiger partial charge is 0.211 e. The molecule has 4 unspecified atom stereocenters. The van der Waals surface area contributed by atoms with E-state index in [1.165, 1.54) is 6.26 Å². The van der Waals surface area contributed by atoms with Crippen LogP contribution in [0.5, 0.6) is 0 Å². The van der Waals surface area contributed by atoms with E-state index >= 15 is 0 Å². The van der Waals surface area contributed by atoms with Crippen molar-refractivity contribution in [2.24, 2.45) is 11.8 Å². The maximum absolute atomic E-state index is 11.7. The number of ether oxygens (including phenoxy) is 1. The Balaban J connectivity index is 1.96. The van der Waals surface area contributed by atoms with Crippen LogP contribution >= 0.6 is 0 Å². The van der Waals surface area contributed by atoms with Crippen LogP contribution in [0.15, 0.2) is 0 Å². The van der Waals surface area contributed by atoms with Crippen molar-refractivity contribution in [3.05, 3.63) is 0 Å². The summed E-state index contributed by atoms with van der Waals surface area (Å²) in [5.41, 5.74) is 0. The van der Waals surface area contributed by atoms with Gasteiger partial charge in [0.15, 0.2) is 0 Å². The molecule has 0 aliphatic carbocycles. The van der Waals surface area contributed by atoms with E-state index in [1.807, 2.05) is 0 Å². The highest BCUT2D eigenvalue weighted by atomic mass is 32.2. The lowest BCUT2D eigenvalue weighted by Gasteiger charge is -2.35. The van der Waals surface area contributed by atoms with Crippen molar-refractivity contribution in [3.63, 3.8) is 0 Å². The standard InChI is InChI=1S/C15H30N2O3S/c1-4-16-15(14-7-9-20-12(14)2)10-13-6-5-8-17(11-13)21(3,18)19/h12-16H,4-11H2,1-3H3. The molecule has 21 heavy (non-hydrogen) atoms. The molecule has 2 aliphatic heterocycles. The monoisotopic (exact) mass is 318 g/mol. The maximum Gasteiger partial charge on any atom is 0.211 e. The number of piperidine rings is 1. The molecule has 124 valence electrons. The lowest BCUT2D eigenvalue weighted by Crippen LogP contribution is -2.45. The fourth-order valence-corrected chi connectivity index (χ4v) is 4.77. The number of hydrogen-bond acceptors (Lipinski definition) is 4. The van der Waals surface area contributed by atoms with E-state index < -0.39 is 10.0 Å². The first-order valence-electron chi connectivity index (χ1n) is 8.22. The molecule has 2 aliphatic rings. The third-order valence-corrected chi connectivity index (χ3v) is 6.23. The van der Waals surface area contributed by atoms with Crippen LogP contribution in [0.2, 0.25) is 0 Å². The molecule has 0 aromatic rings. The van der Waals surface area contributed by atoms with Gasteiger partial charge in [-0.25, -0.2) is 12.7 Å². The van der Waals surface area contributed by atoms with Gasteiger partial charge in [-0.2, -0.15) is 0 Å². The fraction of sp³-hybridized carbons (Fsp3) is 1.00. The minimum Gasteiger partial charge on any atom is -0.378 e. The molecule has 2 rings (SSSR count). The quantitative estimate of drug-likeness (QED) is 0.805. The Labute approximate surface area is 129 Å². The molecule has 5 nitrogen and oxygen atoms in total. The zero-order chi connectivity index (χ0) is 15.5. The molecule has 0 aromatic heterocycles. The first kappa shape index (κ1) is 17.2. The topological polar surface area (TPSA) is 58.6 Å². The van der Waals surface area contributed by atoms with Gasteiger partial charge in [0.2, 0.25) is 10.0 Å². The summed E-state index contributed by atoms with van der Waals surface area (Å²) in [4.78, 5) is 0. The molecular weight excluding hydrogens is 288 g/mol. The summed E-state index contributed by atoms with van der Waals surface area (Å²) in [6.07, 6.45) is 5.91. The van der Waals surface area contributed by atoms with Crippen molar-refractivity contribution in [1.82, 2.24) is 9.62 Å². The summed E-state index contributed by atoms with van der Waals surface area (Å²) < 4.78 is 30.8. The van der Waals surface area contributed by atoms with Crippen molar-refractivity contribution in [2.45, 2.75) is 51.7 Å². The van der Waals surface area contributed by atoms with Crippen LogP contribution < -0.4 is 5.32 Å². The Morgan fingerprint density at radius 2 is 2.14 bits per heavy atom. The Morgan fingerprint density at radius 1 is 1.38 bits per heavy atom. The molecule has 2 fully saturated rings. The molecule has 6 heteroatoms. The molecule has 0 radical (unpaired) electrons. The summed E-state index contributed by atoms with van der Waals surface area (Å²) in [5.74, 6) is 1.02. The summed E-state index contributed by atoms with van der Waals surface area (Å²) >= 11 is 0. The van der Waals surface area contributed by atoms with E-state index in [0.717, 1.165) is 38.8 Å². The Kier molecular flexibility index (Phi) is 6.05. The van der Waals surface area contributed by atoms with E-state index in [2.05, 4.69) is 19.2 Å². The van der Waals surface area contributed by atoms with Gasteiger partial charge < -0.3 is 10.1 Å². The summed E-state index contributed by atoms with van der Waals surface area (Å²) in [5, 5.41) is 3.61. The van der Waals surface area contributed by atoms with E-state index in [9.17, 15) is 8.42 Å². The predicted molar refractivity (Wildman–Crippen MR) is 84.7 cm³/mol. The van der Waals surface area contributed by atoms with Gasteiger partial charge in [-0.05, 0) is 45.1 Å². The molecule has 0 saturated carbocycles. The fourth-order valence-electron chi connectivity index (χ4n) is 3.83. The molecule has 0 aromatic carbocycles. The van der Waals surface area contributed by atoms with Crippen molar-refractivity contribution < 1.29 is 13.2 Å². The third kappa shape index (κ3) is 4.65. The molecule has 4 atom stereocenters. The number of nitrogens with zero attached hydrogens (tertiary/aromatic N) is 1. The lowest BCUT2D eigenvalue weighted by molar-refractivity contribution is 0.0898. The predicted octanol–water partition coefficient (Wildman–Crippen LogP) is 1.45. The van der Waals surface area contributed by atoms with Crippen molar-refractivity contribution in [1.29, 1.82) is 0 Å². The average molecular weight is 318 g/mol. The first-order chi connectivity index (χ1) is 9.91. The average Bonchev–Trinajstić information content (AvgIpc) is 2.84. The highest BCUT2D eigenvalue weighted by molar-refractivity contribution is 7.88. The van der Waals surface area contributed by atoms with Crippen LogP contribution in [-0.4, -0.2) is 57.4 Å². The minimum absolute atomic E-state index is 0.309. The molecular formula is C15H30N2O3S. The summed E-state index contributed by atoms with van der Waals surface area (Å²) in [6.45, 7) is 7.47. The van der Waals surface area contributed by atoms with Crippen LogP contribution in [0.25, 0.3) is 0 Å². The van der Waals surface area contributed by atoms with Crippen LogP contribution in [0.1, 0.15) is 39.5 Å². The van der Waals surface area contributed by atoms with Crippen LogP contribution in [0.3, 0.4) is 0 Å². The van der Waals surface area contributed by atoms with Gasteiger partial charge in [0.1, 0.15) is 0 Å². The Bertz CT molecular complexity index is 427. The molecule has 2 heterocycles. The van der Waals surface area contributed by atoms with Gasteiger partial charge >= 0.3 is 0 Å². The zero-order valence-corrected chi connectivity index (χ0v) is 14.4. The van der Waals surface area contributed by atoms with Crippen LogP contribution in [0.4, 0.5) is 0 Å². The number of hydrogen-bond donors (Lipinski definition) is 1. The third-order valence-electron chi connectivity index (χ3n) is 4.96. The summed E-state index contributed by atoms with van der Waals surface area (Å²) in [7, 11) is -3.05. The lowest BCUT2D eigenvalue weighted by atomic mass is 9.84. The van der Waals surface area contributed by atoms with Crippen LogP contribution in [-0.2, 0) is 14.8 Å². The highest BCUT2D eigenvalue weighted by Crippen LogP contribution is 2.30. The van der Waals surface area contributed by atoms with Gasteiger partial charge in [-0.3, -0.25) is 0 Å². The largest absolute Gasteiger partial charge is 0.378 e.